The summed E-state index contributed by atoms with van der Waals surface area (Å²) in [6.07, 6.45) is 5.77. The number of aromatic nitrogens is 2. The van der Waals surface area contributed by atoms with Crippen LogP contribution in [0.15, 0.2) is 42.7 Å². The predicted molar refractivity (Wildman–Crippen MR) is 62.9 cm³/mol. The van der Waals surface area contributed by atoms with Crippen molar-refractivity contribution in [2.24, 2.45) is 0 Å². The van der Waals surface area contributed by atoms with Crippen LogP contribution in [0.2, 0.25) is 0 Å². The maximum Gasteiger partial charge on any atom is 0.134 e. The van der Waals surface area contributed by atoms with Gasteiger partial charge in [0.05, 0.1) is 0 Å². The highest BCUT2D eigenvalue weighted by Crippen LogP contribution is 2.05. The lowest BCUT2D eigenvalue weighted by Crippen LogP contribution is -2.03. The monoisotopic (exact) mass is 216 g/mol. The number of rotatable bonds is 5. The summed E-state index contributed by atoms with van der Waals surface area (Å²) >= 11 is 0. The average Bonchev–Trinajstić information content (AvgIpc) is 2.78. The standard InChI is InChI=1S/C13H16N2O/c16-11-13-14-8-10-15(13)9-4-7-12-5-2-1-3-6-12/h1-3,5-6,8,10,16H,4,7,9,11H2. The Morgan fingerprint density at radius 2 is 2.00 bits per heavy atom. The summed E-state index contributed by atoms with van der Waals surface area (Å²) in [7, 11) is 0. The lowest BCUT2D eigenvalue weighted by atomic mass is 10.1. The second-order valence-electron chi connectivity index (χ2n) is 3.78. The van der Waals surface area contributed by atoms with Gasteiger partial charge in [0, 0.05) is 18.9 Å². The van der Waals surface area contributed by atoms with Gasteiger partial charge in [-0.25, -0.2) is 4.98 Å². The fourth-order valence-electron chi connectivity index (χ4n) is 1.79. The molecule has 0 unspecified atom stereocenters. The molecule has 0 saturated carbocycles. The van der Waals surface area contributed by atoms with Gasteiger partial charge in [0.1, 0.15) is 12.4 Å². The maximum absolute atomic E-state index is 9.04. The Bertz CT molecular complexity index is 423. The average molecular weight is 216 g/mol. The number of hydrogen-bond acceptors (Lipinski definition) is 2. The maximum atomic E-state index is 9.04. The molecule has 84 valence electrons. The summed E-state index contributed by atoms with van der Waals surface area (Å²) in [5.74, 6) is 0.744. The third-order valence-corrected chi connectivity index (χ3v) is 2.65. The molecule has 0 aliphatic heterocycles. The third kappa shape index (κ3) is 2.70. The van der Waals surface area contributed by atoms with Crippen LogP contribution in [0.5, 0.6) is 0 Å². The number of hydrogen-bond donors (Lipinski definition) is 1. The van der Waals surface area contributed by atoms with Crippen LogP contribution in [0, 0.1) is 0 Å². The van der Waals surface area contributed by atoms with Gasteiger partial charge in [-0.2, -0.15) is 0 Å². The highest BCUT2D eigenvalue weighted by atomic mass is 16.3. The number of aliphatic hydroxyl groups is 1. The molecule has 2 aromatic rings. The van der Waals surface area contributed by atoms with Gasteiger partial charge in [0.2, 0.25) is 0 Å². The number of imidazole rings is 1. The number of benzene rings is 1. The molecule has 0 amide bonds. The van der Waals surface area contributed by atoms with Gasteiger partial charge in [-0.05, 0) is 18.4 Å². The van der Waals surface area contributed by atoms with E-state index in [9.17, 15) is 0 Å². The van der Waals surface area contributed by atoms with E-state index in [1.54, 1.807) is 6.20 Å². The van der Waals surface area contributed by atoms with Gasteiger partial charge in [-0.3, -0.25) is 0 Å². The molecule has 1 N–H and O–H groups in total. The van der Waals surface area contributed by atoms with Crippen molar-refractivity contribution in [3.63, 3.8) is 0 Å². The number of nitrogens with zero attached hydrogens (tertiary/aromatic N) is 2. The van der Waals surface area contributed by atoms with Crippen molar-refractivity contribution >= 4 is 0 Å². The summed E-state index contributed by atoms with van der Waals surface area (Å²) in [6.45, 7) is 0.920. The SMILES string of the molecule is OCc1nccn1CCCc1ccccc1. The molecule has 0 atom stereocenters. The van der Waals surface area contributed by atoms with Crippen LogP contribution in [-0.2, 0) is 19.6 Å². The Morgan fingerprint density at radius 1 is 1.19 bits per heavy atom. The van der Waals surface area contributed by atoms with E-state index >= 15 is 0 Å². The molecule has 0 bridgehead atoms. The zero-order chi connectivity index (χ0) is 11.2. The zero-order valence-corrected chi connectivity index (χ0v) is 9.21. The first kappa shape index (κ1) is 10.9. The quantitative estimate of drug-likeness (QED) is 0.830. The molecule has 3 heteroatoms. The normalized spacial score (nSPS) is 10.6. The molecule has 1 aromatic heterocycles. The fraction of sp³-hybridized carbons (Fsp3) is 0.308. The molecule has 2 rings (SSSR count). The summed E-state index contributed by atoms with van der Waals surface area (Å²) in [5.41, 5.74) is 1.35. The Hall–Kier alpha value is -1.61. The first-order chi connectivity index (χ1) is 7.90. The molecule has 0 aliphatic carbocycles. The molecule has 1 heterocycles. The molecule has 0 radical (unpaired) electrons. The van der Waals surface area contributed by atoms with E-state index in [0.29, 0.717) is 0 Å². The molecule has 16 heavy (non-hydrogen) atoms. The smallest absolute Gasteiger partial charge is 0.134 e. The van der Waals surface area contributed by atoms with E-state index in [1.165, 1.54) is 5.56 Å². The first-order valence-electron chi connectivity index (χ1n) is 5.55. The van der Waals surface area contributed by atoms with Crippen LogP contribution < -0.4 is 0 Å². The second kappa shape index (κ2) is 5.47. The van der Waals surface area contributed by atoms with Crippen molar-refractivity contribution in [1.82, 2.24) is 9.55 Å². The summed E-state index contributed by atoms with van der Waals surface area (Å²) in [5, 5.41) is 9.04. The van der Waals surface area contributed by atoms with Gasteiger partial charge >= 0.3 is 0 Å². The molecule has 0 fully saturated rings. The van der Waals surface area contributed by atoms with Crippen molar-refractivity contribution in [2.75, 3.05) is 0 Å². The van der Waals surface area contributed by atoms with Crippen molar-refractivity contribution < 1.29 is 5.11 Å². The predicted octanol–water partition coefficient (Wildman–Crippen LogP) is 2.01. The molecule has 0 aliphatic rings. The van der Waals surface area contributed by atoms with E-state index in [4.69, 9.17) is 5.11 Å². The molecule has 3 nitrogen and oxygen atoms in total. The highest BCUT2D eigenvalue weighted by molar-refractivity contribution is 5.14. The minimum atomic E-state index is 0.0122. The van der Waals surface area contributed by atoms with Crippen LogP contribution in [0.3, 0.4) is 0 Å². The van der Waals surface area contributed by atoms with Crippen LogP contribution in [0.1, 0.15) is 17.8 Å². The fourth-order valence-corrected chi connectivity index (χ4v) is 1.79. The van der Waals surface area contributed by atoms with Crippen LogP contribution >= 0.6 is 0 Å². The van der Waals surface area contributed by atoms with Crippen molar-refractivity contribution in [3.8, 4) is 0 Å². The topological polar surface area (TPSA) is 38.1 Å². The van der Waals surface area contributed by atoms with E-state index in [0.717, 1.165) is 25.2 Å². The van der Waals surface area contributed by atoms with Gasteiger partial charge < -0.3 is 9.67 Å². The largest absolute Gasteiger partial charge is 0.388 e. The Labute approximate surface area is 95.4 Å². The van der Waals surface area contributed by atoms with Gasteiger partial charge in [0.15, 0.2) is 0 Å². The molecule has 0 saturated heterocycles. The lowest BCUT2D eigenvalue weighted by Gasteiger charge is -2.05. The Kier molecular flexibility index (Phi) is 3.72. The third-order valence-electron chi connectivity index (χ3n) is 2.65. The highest BCUT2D eigenvalue weighted by Gasteiger charge is 2.00. The van der Waals surface area contributed by atoms with Crippen LogP contribution in [0.25, 0.3) is 0 Å². The number of aliphatic hydroxyl groups excluding tert-OH is 1. The molecule has 0 spiro atoms. The van der Waals surface area contributed by atoms with Crippen molar-refractivity contribution in [3.05, 3.63) is 54.1 Å². The van der Waals surface area contributed by atoms with E-state index < -0.39 is 0 Å². The molecular formula is C13H16N2O. The van der Waals surface area contributed by atoms with Gasteiger partial charge in [-0.15, -0.1) is 0 Å². The zero-order valence-electron chi connectivity index (χ0n) is 9.21. The first-order valence-corrected chi connectivity index (χ1v) is 5.55. The number of aryl methyl sites for hydroxylation is 2. The minimum Gasteiger partial charge on any atom is -0.388 e. The second-order valence-corrected chi connectivity index (χ2v) is 3.78. The van der Waals surface area contributed by atoms with E-state index in [2.05, 4.69) is 29.2 Å². The van der Waals surface area contributed by atoms with Crippen molar-refractivity contribution in [2.45, 2.75) is 26.0 Å². The Balaban J connectivity index is 1.85. The van der Waals surface area contributed by atoms with Gasteiger partial charge in [-0.1, -0.05) is 30.3 Å². The molecule has 1 aromatic carbocycles. The summed E-state index contributed by atoms with van der Waals surface area (Å²) < 4.78 is 2.00. The summed E-state index contributed by atoms with van der Waals surface area (Å²) in [4.78, 5) is 4.07. The lowest BCUT2D eigenvalue weighted by molar-refractivity contribution is 0.264. The van der Waals surface area contributed by atoms with Crippen LogP contribution in [-0.4, -0.2) is 14.7 Å². The Morgan fingerprint density at radius 3 is 2.75 bits per heavy atom. The van der Waals surface area contributed by atoms with Crippen LogP contribution in [0.4, 0.5) is 0 Å². The van der Waals surface area contributed by atoms with E-state index in [-0.39, 0.29) is 6.61 Å². The van der Waals surface area contributed by atoms with Crippen molar-refractivity contribution in [1.29, 1.82) is 0 Å². The van der Waals surface area contributed by atoms with Gasteiger partial charge in [0.25, 0.3) is 0 Å². The van der Waals surface area contributed by atoms with E-state index in [1.807, 2.05) is 16.8 Å². The minimum absolute atomic E-state index is 0.0122. The molecular weight excluding hydrogens is 200 g/mol. The summed E-state index contributed by atoms with van der Waals surface area (Å²) in [6, 6.07) is 10.4.